The average Bonchev–Trinajstić information content (AvgIpc) is 2.55. The van der Waals surface area contributed by atoms with Crippen LogP contribution in [0.2, 0.25) is 0 Å². The van der Waals surface area contributed by atoms with E-state index in [4.69, 9.17) is 4.74 Å². The van der Waals surface area contributed by atoms with Crippen molar-refractivity contribution in [2.75, 3.05) is 0 Å². The van der Waals surface area contributed by atoms with E-state index >= 15 is 0 Å². The number of aryl methyl sites for hydroxylation is 1. The Balaban J connectivity index is 2.22. The van der Waals surface area contributed by atoms with Crippen LogP contribution in [0.25, 0.3) is 0 Å². The van der Waals surface area contributed by atoms with Gasteiger partial charge in [0, 0.05) is 6.54 Å². The van der Waals surface area contributed by atoms with Crippen molar-refractivity contribution in [3.63, 3.8) is 0 Å². The number of hydrogen-bond donors (Lipinski definition) is 0. The SMILES string of the molecule is Cc1cccc2c1C(C)N(C(=O)OC(C)(C)C)C2. The molecule has 0 aromatic heterocycles. The Morgan fingerprint density at radius 3 is 2.61 bits per heavy atom. The maximum atomic E-state index is 12.2. The molecule has 0 saturated heterocycles. The highest BCUT2D eigenvalue weighted by Crippen LogP contribution is 2.36. The Kier molecular flexibility index (Phi) is 3.09. The number of amides is 1. The topological polar surface area (TPSA) is 29.5 Å². The number of ether oxygens (including phenoxy) is 1. The summed E-state index contributed by atoms with van der Waals surface area (Å²) in [6.45, 7) is 10.5. The van der Waals surface area contributed by atoms with Gasteiger partial charge in [0.05, 0.1) is 6.04 Å². The van der Waals surface area contributed by atoms with Crippen molar-refractivity contribution in [3.8, 4) is 0 Å². The minimum Gasteiger partial charge on any atom is -0.444 e. The Bertz CT molecular complexity index is 474. The van der Waals surface area contributed by atoms with Crippen molar-refractivity contribution in [3.05, 3.63) is 34.9 Å². The second-order valence-corrected chi connectivity index (χ2v) is 5.93. The van der Waals surface area contributed by atoms with Crippen molar-refractivity contribution in [2.24, 2.45) is 0 Å². The van der Waals surface area contributed by atoms with Gasteiger partial charge in [0.15, 0.2) is 0 Å². The van der Waals surface area contributed by atoms with E-state index in [-0.39, 0.29) is 12.1 Å². The molecule has 98 valence electrons. The fourth-order valence-electron chi connectivity index (χ4n) is 2.50. The minimum atomic E-state index is -0.444. The van der Waals surface area contributed by atoms with Gasteiger partial charge in [-0.3, -0.25) is 4.90 Å². The van der Waals surface area contributed by atoms with E-state index < -0.39 is 5.60 Å². The van der Waals surface area contributed by atoms with E-state index in [1.807, 2.05) is 26.8 Å². The summed E-state index contributed by atoms with van der Waals surface area (Å²) in [5.74, 6) is 0. The number of nitrogens with zero attached hydrogens (tertiary/aromatic N) is 1. The lowest BCUT2D eigenvalue weighted by atomic mass is 10.0. The molecule has 1 aromatic rings. The quantitative estimate of drug-likeness (QED) is 0.697. The summed E-state index contributed by atoms with van der Waals surface area (Å²) >= 11 is 0. The van der Waals surface area contributed by atoms with Crippen molar-refractivity contribution < 1.29 is 9.53 Å². The lowest BCUT2D eigenvalue weighted by Crippen LogP contribution is -2.35. The second-order valence-electron chi connectivity index (χ2n) is 5.93. The lowest BCUT2D eigenvalue weighted by molar-refractivity contribution is 0.0187. The van der Waals surface area contributed by atoms with E-state index in [9.17, 15) is 4.79 Å². The highest BCUT2D eigenvalue weighted by molar-refractivity contribution is 5.70. The van der Waals surface area contributed by atoms with Gasteiger partial charge in [-0.15, -0.1) is 0 Å². The number of fused-ring (bicyclic) bond motifs is 1. The van der Waals surface area contributed by atoms with Crippen molar-refractivity contribution >= 4 is 6.09 Å². The first-order valence-electron chi connectivity index (χ1n) is 6.37. The van der Waals surface area contributed by atoms with Crippen LogP contribution in [-0.2, 0) is 11.3 Å². The molecule has 3 heteroatoms. The molecule has 1 aromatic carbocycles. The number of rotatable bonds is 0. The summed E-state index contributed by atoms with van der Waals surface area (Å²) in [6, 6.07) is 6.31. The van der Waals surface area contributed by atoms with Crippen LogP contribution in [0.3, 0.4) is 0 Å². The zero-order chi connectivity index (χ0) is 13.5. The van der Waals surface area contributed by atoms with Gasteiger partial charge in [-0.2, -0.15) is 0 Å². The first-order chi connectivity index (χ1) is 8.29. The molecule has 0 radical (unpaired) electrons. The van der Waals surface area contributed by atoms with Crippen LogP contribution in [0.1, 0.15) is 50.4 Å². The van der Waals surface area contributed by atoms with Crippen LogP contribution < -0.4 is 0 Å². The van der Waals surface area contributed by atoms with E-state index in [0.29, 0.717) is 6.54 Å². The predicted octanol–water partition coefficient (Wildman–Crippen LogP) is 3.81. The Labute approximate surface area is 109 Å². The van der Waals surface area contributed by atoms with E-state index in [0.717, 1.165) is 0 Å². The molecule has 18 heavy (non-hydrogen) atoms. The van der Waals surface area contributed by atoms with Gasteiger partial charge in [-0.05, 0) is 51.3 Å². The highest BCUT2D eigenvalue weighted by atomic mass is 16.6. The fraction of sp³-hybridized carbons (Fsp3) is 0.533. The largest absolute Gasteiger partial charge is 0.444 e. The van der Waals surface area contributed by atoms with Gasteiger partial charge in [-0.25, -0.2) is 4.79 Å². The van der Waals surface area contributed by atoms with Gasteiger partial charge < -0.3 is 4.74 Å². The molecule has 1 unspecified atom stereocenters. The number of carbonyl (C=O) groups is 1. The van der Waals surface area contributed by atoms with Crippen LogP contribution >= 0.6 is 0 Å². The molecular formula is C15H21NO2. The fourth-order valence-corrected chi connectivity index (χ4v) is 2.50. The molecule has 0 fully saturated rings. The third-order valence-corrected chi connectivity index (χ3v) is 3.27. The standard InChI is InChI=1S/C15H21NO2/c1-10-7-6-8-12-9-16(11(2)13(10)12)14(17)18-15(3,4)5/h6-8,11H,9H2,1-5H3. The maximum absolute atomic E-state index is 12.2. The zero-order valence-corrected chi connectivity index (χ0v) is 11.8. The molecule has 0 bridgehead atoms. The van der Waals surface area contributed by atoms with Crippen LogP contribution in [-0.4, -0.2) is 16.6 Å². The molecule has 1 atom stereocenters. The van der Waals surface area contributed by atoms with Gasteiger partial charge in [0.1, 0.15) is 5.60 Å². The molecular weight excluding hydrogens is 226 g/mol. The summed E-state index contributed by atoms with van der Waals surface area (Å²) in [7, 11) is 0. The van der Waals surface area contributed by atoms with Crippen molar-refractivity contribution in [1.82, 2.24) is 4.90 Å². The number of hydrogen-bond acceptors (Lipinski definition) is 2. The minimum absolute atomic E-state index is 0.0936. The molecule has 1 heterocycles. The monoisotopic (exact) mass is 247 g/mol. The highest BCUT2D eigenvalue weighted by Gasteiger charge is 2.33. The first-order valence-corrected chi connectivity index (χ1v) is 6.37. The normalized spacial score (nSPS) is 18.7. The molecule has 2 rings (SSSR count). The molecule has 1 aliphatic rings. The number of benzene rings is 1. The summed E-state index contributed by atoms with van der Waals surface area (Å²) < 4.78 is 5.45. The molecule has 3 nitrogen and oxygen atoms in total. The van der Waals surface area contributed by atoms with Crippen molar-refractivity contribution in [2.45, 2.75) is 52.8 Å². The molecule has 0 saturated carbocycles. The summed E-state index contributed by atoms with van der Waals surface area (Å²) in [5, 5.41) is 0. The van der Waals surface area contributed by atoms with Crippen LogP contribution in [0.15, 0.2) is 18.2 Å². The molecule has 0 spiro atoms. The zero-order valence-electron chi connectivity index (χ0n) is 11.8. The van der Waals surface area contributed by atoms with Gasteiger partial charge >= 0.3 is 6.09 Å². The Morgan fingerprint density at radius 1 is 1.39 bits per heavy atom. The summed E-state index contributed by atoms with van der Waals surface area (Å²) in [5.41, 5.74) is 3.29. The summed E-state index contributed by atoms with van der Waals surface area (Å²) in [6.07, 6.45) is -0.231. The van der Waals surface area contributed by atoms with E-state index in [1.54, 1.807) is 4.90 Å². The summed E-state index contributed by atoms with van der Waals surface area (Å²) in [4.78, 5) is 13.9. The van der Waals surface area contributed by atoms with Crippen LogP contribution in [0.4, 0.5) is 4.79 Å². The number of carbonyl (C=O) groups excluding carboxylic acids is 1. The third kappa shape index (κ3) is 2.35. The van der Waals surface area contributed by atoms with E-state index in [2.05, 4.69) is 26.0 Å². The Morgan fingerprint density at radius 2 is 2.06 bits per heavy atom. The van der Waals surface area contributed by atoms with E-state index in [1.165, 1.54) is 16.7 Å². The Hall–Kier alpha value is -1.51. The van der Waals surface area contributed by atoms with Gasteiger partial charge in [0.2, 0.25) is 0 Å². The molecule has 1 aliphatic heterocycles. The van der Waals surface area contributed by atoms with Crippen LogP contribution in [0, 0.1) is 6.92 Å². The third-order valence-electron chi connectivity index (χ3n) is 3.27. The second kappa shape index (κ2) is 4.30. The van der Waals surface area contributed by atoms with Gasteiger partial charge in [-0.1, -0.05) is 18.2 Å². The smallest absolute Gasteiger partial charge is 0.411 e. The molecule has 1 amide bonds. The average molecular weight is 247 g/mol. The van der Waals surface area contributed by atoms with Crippen LogP contribution in [0.5, 0.6) is 0 Å². The maximum Gasteiger partial charge on any atom is 0.411 e. The predicted molar refractivity (Wildman–Crippen MR) is 71.4 cm³/mol. The van der Waals surface area contributed by atoms with Gasteiger partial charge in [0.25, 0.3) is 0 Å². The molecule has 0 aliphatic carbocycles. The lowest BCUT2D eigenvalue weighted by Gasteiger charge is -2.27. The molecule has 0 N–H and O–H groups in total. The van der Waals surface area contributed by atoms with Crippen molar-refractivity contribution in [1.29, 1.82) is 0 Å². The first kappa shape index (κ1) is 12.9.